The van der Waals surface area contributed by atoms with Crippen molar-refractivity contribution in [2.45, 2.75) is 145 Å². The van der Waals surface area contributed by atoms with Crippen LogP contribution in [0, 0.1) is 17.3 Å². The van der Waals surface area contributed by atoms with Gasteiger partial charge in [0.05, 0.1) is 32.5 Å². The fourth-order valence-corrected chi connectivity index (χ4v) is 6.94. The lowest BCUT2D eigenvalue weighted by Crippen LogP contribution is -2.54. The smallest absolute Gasteiger partial charge is 0.413 e. The molecule has 0 saturated carbocycles. The monoisotopic (exact) mass is 687 g/mol. The second-order valence-corrected chi connectivity index (χ2v) is 15.4. The fraction of sp³-hybridized carbons (Fsp3) is 0.692. The Kier molecular flexibility index (Phi) is 13.4. The quantitative estimate of drug-likeness (QED) is 0.158. The third-order valence-electron chi connectivity index (χ3n) is 9.86. The van der Waals surface area contributed by atoms with Crippen molar-refractivity contribution in [2.75, 3.05) is 14.2 Å². The van der Waals surface area contributed by atoms with Crippen LogP contribution in [0.1, 0.15) is 108 Å². The van der Waals surface area contributed by atoms with Crippen molar-refractivity contribution in [2.24, 2.45) is 17.3 Å². The van der Waals surface area contributed by atoms with Gasteiger partial charge in [-0.3, -0.25) is 4.90 Å². The molecule has 2 aliphatic heterocycles. The summed E-state index contributed by atoms with van der Waals surface area (Å²) in [5.41, 5.74) is 1.52. The van der Waals surface area contributed by atoms with E-state index in [1.807, 2.05) is 27.7 Å². The summed E-state index contributed by atoms with van der Waals surface area (Å²) >= 11 is 0. The van der Waals surface area contributed by atoms with Crippen molar-refractivity contribution in [1.29, 1.82) is 0 Å². The van der Waals surface area contributed by atoms with Crippen LogP contribution in [0.4, 0.5) is 4.79 Å². The molecule has 5 unspecified atom stereocenters. The molecule has 49 heavy (non-hydrogen) atoms. The molecule has 2 heterocycles. The van der Waals surface area contributed by atoms with Crippen LogP contribution in [-0.2, 0) is 28.5 Å². The number of methoxy groups -OCH3 is 2. The summed E-state index contributed by atoms with van der Waals surface area (Å²) in [6.07, 6.45) is -0.815. The average molecular weight is 688 g/mol. The van der Waals surface area contributed by atoms with Crippen LogP contribution in [0.25, 0.3) is 0 Å². The van der Waals surface area contributed by atoms with Gasteiger partial charge in [0.2, 0.25) is 0 Å². The van der Waals surface area contributed by atoms with E-state index in [2.05, 4.69) is 41.2 Å². The molecule has 0 bridgehead atoms. The van der Waals surface area contributed by atoms with E-state index < -0.39 is 48.4 Å². The van der Waals surface area contributed by atoms with Gasteiger partial charge in [-0.15, -0.1) is 0 Å². The van der Waals surface area contributed by atoms with Gasteiger partial charge in [-0.25, -0.2) is 9.59 Å². The van der Waals surface area contributed by atoms with Crippen molar-refractivity contribution in [3.8, 4) is 11.5 Å². The molecule has 1 amide bonds. The summed E-state index contributed by atoms with van der Waals surface area (Å²) in [6, 6.07) is 4.61. The highest BCUT2D eigenvalue weighted by molar-refractivity contribution is 5.79. The molecule has 0 spiro atoms. The molecule has 8 atom stereocenters. The van der Waals surface area contributed by atoms with Crippen molar-refractivity contribution in [3.63, 3.8) is 0 Å². The summed E-state index contributed by atoms with van der Waals surface area (Å²) < 4.78 is 42.2. The molecule has 1 aromatic carbocycles. The van der Waals surface area contributed by atoms with Gasteiger partial charge >= 0.3 is 12.1 Å². The summed E-state index contributed by atoms with van der Waals surface area (Å²) in [5, 5.41) is 0. The third kappa shape index (κ3) is 9.18. The first-order chi connectivity index (χ1) is 22.8. The highest BCUT2D eigenvalue weighted by atomic mass is 16.7. The number of esters is 1. The molecule has 276 valence electrons. The van der Waals surface area contributed by atoms with E-state index in [9.17, 15) is 9.59 Å². The minimum Gasteiger partial charge on any atom is -0.497 e. The molecule has 0 aromatic heterocycles. The standard InChI is InChI=1S/C39H61NO9/c1-16-31-39(12,13)34(47-32(17-2)46-31)25(7)23(5)24(6)26(8)45-36(41)33-29(20-22(3)4)40(37(42)49-38(9,10)11)35(48-33)28-19-18-27(43-14)21-30(28)44-15/h17-19,21-22,25-26,29,31-35H,2,16,20H2,1,3-15H3/b24-23+/t25-,26?,29?,31-,32?,33+,34?,35?/m0/s1. The number of rotatable bonds is 12. The average Bonchev–Trinajstić information content (AvgIpc) is 3.40. The van der Waals surface area contributed by atoms with Gasteiger partial charge in [0.25, 0.3) is 0 Å². The van der Waals surface area contributed by atoms with Crippen LogP contribution in [0.2, 0.25) is 0 Å². The van der Waals surface area contributed by atoms with Gasteiger partial charge in [-0.05, 0) is 84.1 Å². The van der Waals surface area contributed by atoms with Crippen LogP contribution in [0.5, 0.6) is 11.5 Å². The van der Waals surface area contributed by atoms with Crippen molar-refractivity contribution < 1.29 is 42.7 Å². The first kappa shape index (κ1) is 40.4. The van der Waals surface area contributed by atoms with Crippen LogP contribution >= 0.6 is 0 Å². The van der Waals surface area contributed by atoms with Gasteiger partial charge in [0.15, 0.2) is 18.6 Å². The molecule has 2 aliphatic rings. The van der Waals surface area contributed by atoms with Crippen LogP contribution in [-0.4, -0.2) is 73.5 Å². The van der Waals surface area contributed by atoms with E-state index in [4.69, 9.17) is 33.2 Å². The Bertz CT molecular complexity index is 1350. The lowest BCUT2D eigenvalue weighted by Gasteiger charge is -2.49. The normalized spacial score (nSPS) is 27.2. The number of carbonyl (C=O) groups excluding carboxylic acids is 2. The third-order valence-corrected chi connectivity index (χ3v) is 9.86. The Morgan fingerprint density at radius 1 is 1.02 bits per heavy atom. The molecule has 1 aromatic rings. The Morgan fingerprint density at radius 3 is 2.20 bits per heavy atom. The largest absolute Gasteiger partial charge is 0.497 e. The van der Waals surface area contributed by atoms with Crippen molar-refractivity contribution in [1.82, 2.24) is 4.90 Å². The maximum atomic E-state index is 14.1. The van der Waals surface area contributed by atoms with Crippen LogP contribution in [0.3, 0.4) is 0 Å². The fourth-order valence-electron chi connectivity index (χ4n) is 6.94. The van der Waals surface area contributed by atoms with Crippen molar-refractivity contribution >= 4 is 12.1 Å². The minimum atomic E-state index is -1.07. The number of amides is 1. The van der Waals surface area contributed by atoms with Gasteiger partial charge < -0.3 is 33.2 Å². The Labute approximate surface area is 294 Å². The van der Waals surface area contributed by atoms with Crippen LogP contribution in [0.15, 0.2) is 42.0 Å². The van der Waals surface area contributed by atoms with Gasteiger partial charge in [0, 0.05) is 23.0 Å². The van der Waals surface area contributed by atoms with Crippen molar-refractivity contribution in [3.05, 3.63) is 47.6 Å². The Morgan fingerprint density at radius 2 is 1.67 bits per heavy atom. The molecular formula is C39H61NO9. The van der Waals surface area contributed by atoms with E-state index in [1.54, 1.807) is 52.2 Å². The number of hydrogen-bond acceptors (Lipinski definition) is 9. The first-order valence-electron chi connectivity index (χ1n) is 17.5. The lowest BCUT2D eigenvalue weighted by molar-refractivity contribution is -0.283. The van der Waals surface area contributed by atoms with Crippen LogP contribution < -0.4 is 9.47 Å². The minimum absolute atomic E-state index is 0.00236. The lowest BCUT2D eigenvalue weighted by atomic mass is 9.71. The topological polar surface area (TPSA) is 102 Å². The maximum Gasteiger partial charge on any atom is 0.413 e. The number of hydrogen-bond donors (Lipinski definition) is 0. The summed E-state index contributed by atoms with van der Waals surface area (Å²) in [4.78, 5) is 29.6. The molecule has 3 rings (SSSR count). The van der Waals surface area contributed by atoms with E-state index in [-0.39, 0.29) is 29.5 Å². The van der Waals surface area contributed by atoms with Gasteiger partial charge in [-0.1, -0.05) is 53.7 Å². The highest BCUT2D eigenvalue weighted by Gasteiger charge is 2.52. The number of benzene rings is 1. The molecular weight excluding hydrogens is 626 g/mol. The maximum absolute atomic E-state index is 14.1. The predicted octanol–water partition coefficient (Wildman–Crippen LogP) is 8.39. The zero-order valence-electron chi connectivity index (χ0n) is 32.2. The second kappa shape index (κ2) is 16.3. The molecule has 10 heteroatoms. The highest BCUT2D eigenvalue weighted by Crippen LogP contribution is 2.45. The molecule has 2 fully saturated rings. The number of ether oxygens (including phenoxy) is 7. The van der Waals surface area contributed by atoms with E-state index in [1.165, 1.54) is 12.0 Å². The zero-order chi connectivity index (χ0) is 37.0. The number of carbonyl (C=O) groups is 2. The Hall–Kier alpha value is -3.08. The van der Waals surface area contributed by atoms with E-state index >= 15 is 0 Å². The number of nitrogens with zero attached hydrogens (tertiary/aromatic N) is 1. The summed E-state index contributed by atoms with van der Waals surface area (Å²) in [7, 11) is 3.10. The SMILES string of the molecule is C=CC1OC([C@@H](C)/C(C)=C(\C)C(C)OC(=O)[C@@H]2OC(c3ccc(OC)cc3OC)N(C(=O)OC(C)(C)C)C2CC(C)C)C(C)(C)[C@H](CC)O1. The van der Waals surface area contributed by atoms with E-state index in [0.29, 0.717) is 23.5 Å². The van der Waals surface area contributed by atoms with Gasteiger partial charge in [-0.2, -0.15) is 0 Å². The molecule has 0 radical (unpaired) electrons. The summed E-state index contributed by atoms with van der Waals surface area (Å²) in [6.45, 7) is 27.9. The molecule has 10 nitrogen and oxygen atoms in total. The molecule has 2 saturated heterocycles. The molecule has 0 aliphatic carbocycles. The zero-order valence-corrected chi connectivity index (χ0v) is 32.2. The first-order valence-corrected chi connectivity index (χ1v) is 17.5. The molecule has 0 N–H and O–H groups in total. The predicted molar refractivity (Wildman–Crippen MR) is 189 cm³/mol. The van der Waals surface area contributed by atoms with Gasteiger partial charge in [0.1, 0.15) is 23.2 Å². The second-order valence-electron chi connectivity index (χ2n) is 15.4. The summed E-state index contributed by atoms with van der Waals surface area (Å²) in [5.74, 6) is 0.609. The van der Waals surface area contributed by atoms with E-state index in [0.717, 1.165) is 17.6 Å². The Balaban J connectivity index is 1.97.